The van der Waals surface area contributed by atoms with Crippen molar-refractivity contribution in [3.63, 3.8) is 0 Å². The molecule has 1 aromatic carbocycles. The fourth-order valence-corrected chi connectivity index (χ4v) is 8.68. The number of thioether (sulfide) groups is 1. The molecule has 4 aliphatic heterocycles. The number of carbonyl (C=O) groups is 3. The number of hydrogen-bond donors (Lipinski definition) is 1. The molecule has 2 fully saturated rings. The third kappa shape index (κ3) is 3.56. The van der Waals surface area contributed by atoms with Gasteiger partial charge in [-0.25, -0.2) is 0 Å². The highest BCUT2D eigenvalue weighted by molar-refractivity contribution is 8.02. The van der Waals surface area contributed by atoms with E-state index in [4.69, 9.17) is 11.6 Å². The maximum Gasteiger partial charge on any atom is 0.251 e. The quantitative estimate of drug-likeness (QED) is 0.606. The molecule has 1 spiro atoms. The van der Waals surface area contributed by atoms with E-state index in [0.717, 1.165) is 0 Å². The summed E-state index contributed by atoms with van der Waals surface area (Å²) >= 11 is 7.65. The number of rotatable bonds is 4. The predicted octanol–water partition coefficient (Wildman–Crippen LogP) is 2.98. The van der Waals surface area contributed by atoms with Gasteiger partial charge in [-0.2, -0.15) is 0 Å². The SMILES string of the molecule is CC(C)[C@H](CO)N1C(=O)[C@@H]2[C@@H]3C(=O)N(C)CC=C[C@]3(C)S[C@@]23C=CCN(c2ccc(Cl)cc2)C(=O)C13. The van der Waals surface area contributed by atoms with Crippen molar-refractivity contribution < 1.29 is 19.5 Å². The van der Waals surface area contributed by atoms with Crippen LogP contribution in [0.3, 0.4) is 0 Å². The van der Waals surface area contributed by atoms with Crippen LogP contribution < -0.4 is 4.90 Å². The van der Waals surface area contributed by atoms with Gasteiger partial charge in [0.05, 0.1) is 29.2 Å². The van der Waals surface area contributed by atoms with Crippen LogP contribution in [0.2, 0.25) is 5.02 Å². The highest BCUT2D eigenvalue weighted by atomic mass is 35.5. The summed E-state index contributed by atoms with van der Waals surface area (Å²) in [6, 6.07) is 5.66. The molecule has 0 bridgehead atoms. The zero-order valence-corrected chi connectivity index (χ0v) is 22.5. The summed E-state index contributed by atoms with van der Waals surface area (Å²) in [6.07, 6.45) is 7.96. The second-order valence-electron chi connectivity index (χ2n) is 10.7. The average molecular weight is 530 g/mol. The number of carbonyl (C=O) groups excluding carboxylic acids is 3. The topological polar surface area (TPSA) is 81.2 Å². The number of likely N-dealkylation sites (tertiary alicyclic amines) is 1. The Labute approximate surface area is 221 Å². The number of halogens is 1. The molecule has 0 saturated carbocycles. The van der Waals surface area contributed by atoms with Gasteiger partial charge >= 0.3 is 0 Å². The van der Waals surface area contributed by atoms with Crippen LogP contribution in [-0.2, 0) is 14.4 Å². The molecule has 1 unspecified atom stereocenters. The van der Waals surface area contributed by atoms with Gasteiger partial charge in [-0.1, -0.05) is 49.8 Å². The number of fused-ring (bicyclic) bond motifs is 2. The van der Waals surface area contributed by atoms with Gasteiger partial charge in [0.2, 0.25) is 11.8 Å². The lowest BCUT2D eigenvalue weighted by Crippen LogP contribution is -2.58. The van der Waals surface area contributed by atoms with Crippen LogP contribution in [0.1, 0.15) is 20.8 Å². The Hall–Kier alpha value is -2.29. The Bertz CT molecular complexity index is 1150. The highest BCUT2D eigenvalue weighted by Crippen LogP contribution is 2.66. The summed E-state index contributed by atoms with van der Waals surface area (Å²) in [5.74, 6) is -1.94. The third-order valence-electron chi connectivity index (χ3n) is 8.15. The minimum atomic E-state index is -0.935. The van der Waals surface area contributed by atoms with Crippen LogP contribution in [0.15, 0.2) is 48.6 Å². The largest absolute Gasteiger partial charge is 0.394 e. The summed E-state index contributed by atoms with van der Waals surface area (Å²) < 4.78 is -1.58. The first-order chi connectivity index (χ1) is 17.1. The summed E-state index contributed by atoms with van der Waals surface area (Å²) in [5.41, 5.74) is 0.686. The summed E-state index contributed by atoms with van der Waals surface area (Å²) in [6.45, 7) is 6.44. The monoisotopic (exact) mass is 529 g/mol. The van der Waals surface area contributed by atoms with Gasteiger partial charge in [0.15, 0.2) is 0 Å². The highest BCUT2D eigenvalue weighted by Gasteiger charge is 2.74. The minimum Gasteiger partial charge on any atom is -0.394 e. The molecule has 0 aromatic heterocycles. The van der Waals surface area contributed by atoms with Crippen molar-refractivity contribution in [1.82, 2.24) is 9.80 Å². The Kier molecular flexibility index (Phi) is 6.29. The van der Waals surface area contributed by atoms with Crippen molar-refractivity contribution in [2.45, 2.75) is 42.3 Å². The molecule has 2 saturated heterocycles. The zero-order chi connectivity index (χ0) is 26.0. The van der Waals surface area contributed by atoms with Crippen LogP contribution in [0, 0.1) is 17.8 Å². The molecule has 9 heteroatoms. The predicted molar refractivity (Wildman–Crippen MR) is 142 cm³/mol. The number of nitrogens with zero attached hydrogens (tertiary/aromatic N) is 3. The van der Waals surface area contributed by atoms with Crippen LogP contribution in [0.4, 0.5) is 5.69 Å². The second kappa shape index (κ2) is 8.92. The first-order valence-corrected chi connectivity index (χ1v) is 13.6. The van der Waals surface area contributed by atoms with Crippen molar-refractivity contribution in [2.24, 2.45) is 17.8 Å². The zero-order valence-electron chi connectivity index (χ0n) is 20.9. The molecular weight excluding hydrogens is 498 g/mol. The normalized spacial score (nSPS) is 34.6. The molecule has 0 aliphatic carbocycles. The fraction of sp³-hybridized carbons (Fsp3) is 0.519. The van der Waals surface area contributed by atoms with Gasteiger partial charge in [0, 0.05) is 35.6 Å². The van der Waals surface area contributed by atoms with Crippen molar-refractivity contribution in [3.05, 3.63) is 53.6 Å². The lowest BCUT2D eigenvalue weighted by molar-refractivity contribution is -0.145. The Morgan fingerprint density at radius 1 is 1.03 bits per heavy atom. The van der Waals surface area contributed by atoms with Crippen LogP contribution in [0.25, 0.3) is 0 Å². The molecular formula is C27H32ClN3O4S. The van der Waals surface area contributed by atoms with Crippen LogP contribution >= 0.6 is 23.4 Å². The third-order valence-corrected chi connectivity index (χ3v) is 10.2. The van der Waals surface area contributed by atoms with Gasteiger partial charge in [-0.3, -0.25) is 14.4 Å². The van der Waals surface area contributed by atoms with Crippen molar-refractivity contribution in [2.75, 3.05) is 31.6 Å². The van der Waals surface area contributed by atoms with E-state index >= 15 is 0 Å². The van der Waals surface area contributed by atoms with E-state index in [-0.39, 0.29) is 30.2 Å². The molecule has 4 heterocycles. The van der Waals surface area contributed by atoms with Crippen molar-refractivity contribution >= 4 is 46.8 Å². The molecule has 7 nitrogen and oxygen atoms in total. The summed E-state index contributed by atoms with van der Waals surface area (Å²) in [7, 11) is 1.75. The molecule has 36 heavy (non-hydrogen) atoms. The number of aliphatic hydroxyl groups is 1. The van der Waals surface area contributed by atoms with E-state index in [1.54, 1.807) is 57.8 Å². The van der Waals surface area contributed by atoms with E-state index < -0.39 is 33.4 Å². The molecule has 0 radical (unpaired) electrons. The molecule has 1 N–H and O–H groups in total. The molecule has 192 valence electrons. The first-order valence-electron chi connectivity index (χ1n) is 12.4. The Morgan fingerprint density at radius 2 is 1.69 bits per heavy atom. The number of amides is 3. The average Bonchev–Trinajstić information content (AvgIpc) is 3.10. The lowest BCUT2D eigenvalue weighted by Gasteiger charge is -2.41. The van der Waals surface area contributed by atoms with E-state index in [9.17, 15) is 19.5 Å². The maximum atomic E-state index is 14.4. The van der Waals surface area contributed by atoms with Gasteiger partial charge in [-0.05, 0) is 37.1 Å². The van der Waals surface area contributed by atoms with Crippen molar-refractivity contribution in [3.8, 4) is 0 Å². The van der Waals surface area contributed by atoms with E-state index in [2.05, 4.69) is 0 Å². The smallest absolute Gasteiger partial charge is 0.251 e. The number of hydrogen-bond acceptors (Lipinski definition) is 5. The molecule has 4 aliphatic rings. The first kappa shape index (κ1) is 25.4. The Balaban J connectivity index is 1.69. The van der Waals surface area contributed by atoms with Gasteiger partial charge < -0.3 is 19.8 Å². The lowest BCUT2D eigenvalue weighted by atomic mass is 9.74. The maximum absolute atomic E-state index is 14.4. The Morgan fingerprint density at radius 3 is 2.33 bits per heavy atom. The van der Waals surface area contributed by atoms with Gasteiger partial charge in [-0.15, -0.1) is 11.8 Å². The van der Waals surface area contributed by atoms with E-state index in [0.29, 0.717) is 23.8 Å². The van der Waals surface area contributed by atoms with E-state index in [1.807, 2.05) is 45.1 Å². The summed E-state index contributed by atoms with van der Waals surface area (Å²) in [5, 5.41) is 10.9. The number of benzene rings is 1. The molecule has 5 rings (SSSR count). The van der Waals surface area contributed by atoms with Crippen LogP contribution in [-0.4, -0.2) is 80.9 Å². The minimum absolute atomic E-state index is 0.0809. The van der Waals surface area contributed by atoms with Crippen molar-refractivity contribution in [1.29, 1.82) is 0 Å². The second-order valence-corrected chi connectivity index (χ2v) is 12.9. The number of anilines is 1. The number of likely N-dealkylation sites (N-methyl/N-ethyl adjacent to an activating group) is 1. The fourth-order valence-electron chi connectivity index (χ4n) is 6.41. The van der Waals surface area contributed by atoms with Crippen LogP contribution in [0.5, 0.6) is 0 Å². The van der Waals surface area contributed by atoms with E-state index in [1.165, 1.54) is 0 Å². The number of aliphatic hydroxyl groups excluding tert-OH is 1. The molecule has 1 aromatic rings. The van der Waals surface area contributed by atoms with Gasteiger partial charge in [0.25, 0.3) is 5.91 Å². The standard InChI is InChI=1S/C27H32ClN3O4S/c1-16(2)19(15-32)31-22-25(35)30(18-9-7-17(28)8-10-18)14-6-12-27(22)21(24(31)34)20-23(33)29(4)13-5-11-26(20,3)36-27/h5-12,16,19-22,32H,13-15H2,1-4H3/t19-,20+,21-,22?,26-,27-/m0/s1. The van der Waals surface area contributed by atoms with Gasteiger partial charge in [0.1, 0.15) is 6.04 Å². The molecule has 3 amide bonds. The summed E-state index contributed by atoms with van der Waals surface area (Å²) in [4.78, 5) is 47.4. The molecule has 6 atom stereocenters.